The van der Waals surface area contributed by atoms with Crippen LogP contribution in [0.3, 0.4) is 0 Å². The van der Waals surface area contributed by atoms with E-state index in [4.69, 9.17) is 4.74 Å². The molecule has 8 nitrogen and oxygen atoms in total. The summed E-state index contributed by atoms with van der Waals surface area (Å²) in [4.78, 5) is 22.5. The van der Waals surface area contributed by atoms with Crippen molar-refractivity contribution in [2.75, 3.05) is 25.4 Å². The zero-order valence-electron chi connectivity index (χ0n) is 12.5. The summed E-state index contributed by atoms with van der Waals surface area (Å²) < 4.78 is 31.7. The van der Waals surface area contributed by atoms with Gasteiger partial charge in [0.15, 0.2) is 9.84 Å². The van der Waals surface area contributed by atoms with Crippen molar-refractivity contribution in [3.63, 3.8) is 0 Å². The van der Waals surface area contributed by atoms with Crippen molar-refractivity contribution in [1.82, 2.24) is 10.6 Å². The average molecular weight is 322 g/mol. The Balaban J connectivity index is 3.72. The fourth-order valence-electron chi connectivity index (χ4n) is 1.03. The van der Waals surface area contributed by atoms with Crippen LogP contribution in [0.25, 0.3) is 0 Å². The van der Waals surface area contributed by atoms with Crippen molar-refractivity contribution in [3.05, 3.63) is 12.0 Å². The van der Waals surface area contributed by atoms with Gasteiger partial charge < -0.3 is 20.1 Å². The molecule has 0 unspecified atom stereocenters. The fourth-order valence-corrected chi connectivity index (χ4v) is 1.51. The first-order valence-electron chi connectivity index (χ1n) is 6.28. The summed E-state index contributed by atoms with van der Waals surface area (Å²) in [6.45, 7) is 8.37. The quantitative estimate of drug-likeness (QED) is 0.671. The minimum Gasteiger partial charge on any atom is -0.448 e. The molecule has 0 radical (unpaired) electrons. The van der Waals surface area contributed by atoms with E-state index in [9.17, 15) is 18.0 Å². The second-order valence-corrected chi connectivity index (χ2v) is 7.09. The molecule has 0 spiro atoms. The van der Waals surface area contributed by atoms with Crippen LogP contribution < -0.4 is 10.6 Å². The number of hydrogen-bond acceptors (Lipinski definition) is 6. The van der Waals surface area contributed by atoms with Crippen LogP contribution in [-0.2, 0) is 19.3 Å². The Morgan fingerprint density at radius 1 is 1.14 bits per heavy atom. The van der Waals surface area contributed by atoms with Gasteiger partial charge in [0, 0.05) is 18.5 Å². The Kier molecular flexibility index (Phi) is 7.79. The van der Waals surface area contributed by atoms with Crippen molar-refractivity contribution in [2.24, 2.45) is 0 Å². The van der Waals surface area contributed by atoms with E-state index in [1.807, 2.05) is 0 Å². The summed E-state index contributed by atoms with van der Waals surface area (Å²) in [6.07, 6.45) is -1.35. The van der Waals surface area contributed by atoms with E-state index in [1.54, 1.807) is 20.8 Å². The highest BCUT2D eigenvalue weighted by atomic mass is 32.2. The number of carbonyl (C=O) groups is 2. The molecule has 0 heterocycles. The van der Waals surface area contributed by atoms with Crippen LogP contribution in [0.5, 0.6) is 0 Å². The minimum atomic E-state index is -3.38. The highest BCUT2D eigenvalue weighted by Gasteiger charge is 2.15. The molecule has 0 rings (SSSR count). The summed E-state index contributed by atoms with van der Waals surface area (Å²) in [7, 11) is -3.38. The molecule has 0 aromatic carbocycles. The number of rotatable bonds is 7. The van der Waals surface area contributed by atoms with Gasteiger partial charge in [-0.15, -0.1) is 0 Å². The Hall–Kier alpha value is -1.77. The number of amides is 2. The molecule has 0 aliphatic heterocycles. The standard InChI is InChI=1S/C12H22N2O6S/c1-5-21(17,18)9-8-19-10(15)13-6-7-14-11(16)20-12(2,3)4/h5H,1,6-9H2,2-4H3,(H,13,15)(H,14,16). The molecular formula is C12H22N2O6S. The van der Waals surface area contributed by atoms with Crippen LogP contribution in [0.4, 0.5) is 9.59 Å². The molecule has 0 fully saturated rings. The van der Waals surface area contributed by atoms with Gasteiger partial charge in [0.05, 0.1) is 5.75 Å². The van der Waals surface area contributed by atoms with Gasteiger partial charge >= 0.3 is 12.2 Å². The van der Waals surface area contributed by atoms with Crippen molar-refractivity contribution < 1.29 is 27.5 Å². The molecule has 0 aliphatic carbocycles. The molecule has 0 saturated carbocycles. The van der Waals surface area contributed by atoms with Crippen LogP contribution >= 0.6 is 0 Å². The zero-order chi connectivity index (χ0) is 16.5. The number of hydrogen-bond donors (Lipinski definition) is 2. The van der Waals surface area contributed by atoms with Gasteiger partial charge in [-0.05, 0) is 20.8 Å². The van der Waals surface area contributed by atoms with E-state index < -0.39 is 27.6 Å². The molecule has 2 N–H and O–H groups in total. The highest BCUT2D eigenvalue weighted by Crippen LogP contribution is 2.05. The van der Waals surface area contributed by atoms with E-state index in [-0.39, 0.29) is 25.4 Å². The summed E-state index contributed by atoms with van der Waals surface area (Å²) in [5.41, 5.74) is -0.590. The molecule has 0 saturated heterocycles. The van der Waals surface area contributed by atoms with Gasteiger partial charge in [-0.25, -0.2) is 18.0 Å². The summed E-state index contributed by atoms with van der Waals surface area (Å²) >= 11 is 0. The lowest BCUT2D eigenvalue weighted by Crippen LogP contribution is -2.38. The monoisotopic (exact) mass is 322 g/mol. The Morgan fingerprint density at radius 3 is 2.14 bits per heavy atom. The van der Waals surface area contributed by atoms with Crippen LogP contribution in [0, 0.1) is 0 Å². The third-order valence-corrected chi connectivity index (χ3v) is 3.16. The molecule has 0 aromatic rings. The van der Waals surface area contributed by atoms with Crippen LogP contribution in [0.15, 0.2) is 12.0 Å². The van der Waals surface area contributed by atoms with Crippen LogP contribution in [0.2, 0.25) is 0 Å². The molecule has 122 valence electrons. The number of sulfone groups is 1. The molecule has 9 heteroatoms. The van der Waals surface area contributed by atoms with E-state index in [1.165, 1.54) is 0 Å². The van der Waals surface area contributed by atoms with Crippen molar-refractivity contribution in [1.29, 1.82) is 0 Å². The third kappa shape index (κ3) is 11.7. The van der Waals surface area contributed by atoms with Gasteiger partial charge in [0.1, 0.15) is 12.2 Å². The molecular weight excluding hydrogens is 300 g/mol. The first-order chi connectivity index (χ1) is 9.56. The molecule has 0 aromatic heterocycles. The Bertz CT molecular complexity index is 467. The topological polar surface area (TPSA) is 111 Å². The largest absolute Gasteiger partial charge is 0.448 e. The normalized spacial score (nSPS) is 11.4. The third-order valence-electron chi connectivity index (χ3n) is 1.92. The first kappa shape index (κ1) is 19.2. The lowest BCUT2D eigenvalue weighted by atomic mass is 10.2. The lowest BCUT2D eigenvalue weighted by Gasteiger charge is -2.19. The second kappa shape index (κ2) is 8.50. The van der Waals surface area contributed by atoms with Crippen molar-refractivity contribution in [2.45, 2.75) is 26.4 Å². The van der Waals surface area contributed by atoms with Gasteiger partial charge in [0.2, 0.25) is 0 Å². The maximum absolute atomic E-state index is 11.3. The Labute approximate surface area is 124 Å². The average Bonchev–Trinajstić information content (AvgIpc) is 2.32. The van der Waals surface area contributed by atoms with Gasteiger partial charge in [-0.3, -0.25) is 0 Å². The van der Waals surface area contributed by atoms with Crippen LogP contribution in [0.1, 0.15) is 20.8 Å². The number of alkyl carbamates (subject to hydrolysis) is 2. The second-order valence-electron chi connectivity index (χ2n) is 5.03. The maximum atomic E-state index is 11.3. The van der Waals surface area contributed by atoms with E-state index in [2.05, 4.69) is 21.9 Å². The van der Waals surface area contributed by atoms with E-state index in [0.29, 0.717) is 0 Å². The molecule has 2 amide bonds. The first-order valence-corrected chi connectivity index (χ1v) is 8.00. The fraction of sp³-hybridized carbons (Fsp3) is 0.667. The minimum absolute atomic E-state index is 0.131. The van der Waals surface area contributed by atoms with Crippen molar-refractivity contribution >= 4 is 22.0 Å². The van der Waals surface area contributed by atoms with Gasteiger partial charge in [-0.2, -0.15) is 0 Å². The molecule has 0 aliphatic rings. The number of nitrogens with one attached hydrogen (secondary N) is 2. The predicted octanol–water partition coefficient (Wildman–Crippen LogP) is 0.796. The van der Waals surface area contributed by atoms with Crippen molar-refractivity contribution in [3.8, 4) is 0 Å². The summed E-state index contributed by atoms with van der Waals surface area (Å²) in [5.74, 6) is -0.319. The maximum Gasteiger partial charge on any atom is 0.407 e. The number of carbonyl (C=O) groups excluding carboxylic acids is 2. The molecule has 21 heavy (non-hydrogen) atoms. The lowest BCUT2D eigenvalue weighted by molar-refractivity contribution is 0.0527. The number of ether oxygens (including phenoxy) is 2. The Morgan fingerprint density at radius 2 is 1.67 bits per heavy atom. The molecule has 0 bridgehead atoms. The molecule has 0 atom stereocenters. The van der Waals surface area contributed by atoms with E-state index in [0.717, 1.165) is 5.41 Å². The predicted molar refractivity (Wildman–Crippen MR) is 77.6 cm³/mol. The summed E-state index contributed by atoms with van der Waals surface area (Å²) in [5, 5.41) is 5.60. The smallest absolute Gasteiger partial charge is 0.407 e. The zero-order valence-corrected chi connectivity index (χ0v) is 13.3. The summed E-state index contributed by atoms with van der Waals surface area (Å²) in [6, 6.07) is 0. The SMILES string of the molecule is C=CS(=O)(=O)CCOC(=O)NCCNC(=O)OC(C)(C)C. The van der Waals surface area contributed by atoms with Gasteiger partial charge in [-0.1, -0.05) is 6.58 Å². The van der Waals surface area contributed by atoms with E-state index >= 15 is 0 Å². The van der Waals surface area contributed by atoms with Gasteiger partial charge in [0.25, 0.3) is 0 Å². The van der Waals surface area contributed by atoms with Crippen LogP contribution in [-0.4, -0.2) is 51.7 Å². The highest BCUT2D eigenvalue weighted by molar-refractivity contribution is 7.94.